The average Bonchev–Trinajstić information content (AvgIpc) is 2.51. The average molecular weight is 274 g/mol. The van der Waals surface area contributed by atoms with Crippen LogP contribution >= 0.6 is 0 Å². The van der Waals surface area contributed by atoms with Crippen molar-refractivity contribution in [3.05, 3.63) is 23.3 Å². The first kappa shape index (κ1) is 15.9. The summed E-state index contributed by atoms with van der Waals surface area (Å²) in [6.45, 7) is 9.41. The quantitative estimate of drug-likeness (QED) is 0.441. The standard InChI is InChI=1S/C20H34/c1-5-15(6-2)11-19-13-18-10-9-17(19)14-20(18)12-16(7-3)8-4/h13-18H,5-12H2,1-4H3. The SMILES string of the molecule is CCC(CC)CC1=CC2CCC1C=C2CC(CC)CC. The van der Waals surface area contributed by atoms with Gasteiger partial charge >= 0.3 is 0 Å². The molecular weight excluding hydrogens is 240 g/mol. The van der Waals surface area contributed by atoms with Crippen molar-refractivity contribution in [1.82, 2.24) is 0 Å². The van der Waals surface area contributed by atoms with E-state index in [9.17, 15) is 0 Å². The van der Waals surface area contributed by atoms with E-state index in [1.807, 2.05) is 0 Å². The van der Waals surface area contributed by atoms with Crippen LogP contribution in [0.1, 0.15) is 79.1 Å². The molecule has 0 aliphatic heterocycles. The van der Waals surface area contributed by atoms with E-state index in [4.69, 9.17) is 0 Å². The molecule has 0 radical (unpaired) electrons. The topological polar surface area (TPSA) is 0 Å². The summed E-state index contributed by atoms with van der Waals surface area (Å²) in [6, 6.07) is 0. The summed E-state index contributed by atoms with van der Waals surface area (Å²) in [5.74, 6) is 3.42. The van der Waals surface area contributed by atoms with Gasteiger partial charge in [0, 0.05) is 0 Å². The van der Waals surface area contributed by atoms with Crippen LogP contribution in [0.15, 0.2) is 23.3 Å². The van der Waals surface area contributed by atoms with Gasteiger partial charge in [-0.25, -0.2) is 0 Å². The number of allylic oxidation sites excluding steroid dienone is 4. The van der Waals surface area contributed by atoms with Gasteiger partial charge in [-0.05, 0) is 49.4 Å². The molecule has 0 aromatic rings. The lowest BCUT2D eigenvalue weighted by Gasteiger charge is -2.37. The lowest BCUT2D eigenvalue weighted by atomic mass is 9.68. The van der Waals surface area contributed by atoms with Crippen LogP contribution in [0.3, 0.4) is 0 Å². The first-order valence-corrected chi connectivity index (χ1v) is 9.12. The molecular formula is C20H34. The van der Waals surface area contributed by atoms with Crippen LogP contribution in [0.2, 0.25) is 0 Å². The highest BCUT2D eigenvalue weighted by Crippen LogP contribution is 2.44. The van der Waals surface area contributed by atoms with E-state index in [1.54, 1.807) is 11.1 Å². The zero-order valence-electron chi connectivity index (χ0n) is 14.1. The van der Waals surface area contributed by atoms with Crippen molar-refractivity contribution >= 4 is 0 Å². The van der Waals surface area contributed by atoms with E-state index in [0.717, 1.165) is 23.7 Å². The first-order chi connectivity index (χ1) is 9.71. The highest BCUT2D eigenvalue weighted by atomic mass is 14.4. The summed E-state index contributed by atoms with van der Waals surface area (Å²) >= 11 is 0. The van der Waals surface area contributed by atoms with Crippen LogP contribution in [-0.2, 0) is 0 Å². The van der Waals surface area contributed by atoms with Crippen LogP contribution in [0.25, 0.3) is 0 Å². The van der Waals surface area contributed by atoms with Gasteiger partial charge in [-0.3, -0.25) is 0 Å². The van der Waals surface area contributed by atoms with E-state index < -0.39 is 0 Å². The Kier molecular flexibility index (Phi) is 5.93. The summed E-state index contributed by atoms with van der Waals surface area (Å²) in [4.78, 5) is 0. The fraction of sp³-hybridized carbons (Fsp3) is 0.800. The Morgan fingerprint density at radius 1 is 0.750 bits per heavy atom. The maximum absolute atomic E-state index is 2.67. The molecule has 0 saturated heterocycles. The Hall–Kier alpha value is -0.520. The predicted octanol–water partition coefficient (Wildman–Crippen LogP) is 6.53. The van der Waals surface area contributed by atoms with Crippen LogP contribution in [0, 0.1) is 23.7 Å². The van der Waals surface area contributed by atoms with E-state index >= 15 is 0 Å². The van der Waals surface area contributed by atoms with Crippen LogP contribution in [-0.4, -0.2) is 0 Å². The third-order valence-electron chi connectivity index (χ3n) is 5.93. The molecule has 0 aromatic heterocycles. The Morgan fingerprint density at radius 3 is 1.35 bits per heavy atom. The predicted molar refractivity (Wildman–Crippen MR) is 89.8 cm³/mol. The highest BCUT2D eigenvalue weighted by Gasteiger charge is 2.30. The Bertz CT molecular complexity index is 316. The highest BCUT2D eigenvalue weighted by molar-refractivity contribution is 5.32. The number of rotatable bonds is 8. The molecule has 0 fully saturated rings. The van der Waals surface area contributed by atoms with Gasteiger partial charge in [-0.15, -0.1) is 0 Å². The first-order valence-electron chi connectivity index (χ1n) is 9.12. The zero-order chi connectivity index (χ0) is 14.5. The molecule has 0 amide bonds. The van der Waals surface area contributed by atoms with Crippen molar-refractivity contribution in [3.8, 4) is 0 Å². The molecule has 0 nitrogen and oxygen atoms in total. The Morgan fingerprint density at radius 2 is 1.10 bits per heavy atom. The second-order valence-electron chi connectivity index (χ2n) is 7.05. The molecule has 0 saturated carbocycles. The van der Waals surface area contributed by atoms with Gasteiger partial charge in [0.05, 0.1) is 0 Å². The molecule has 3 aliphatic carbocycles. The van der Waals surface area contributed by atoms with E-state index in [-0.39, 0.29) is 0 Å². The van der Waals surface area contributed by atoms with E-state index in [0.29, 0.717) is 0 Å². The van der Waals surface area contributed by atoms with Gasteiger partial charge in [0.15, 0.2) is 0 Å². The minimum absolute atomic E-state index is 0.796. The molecule has 0 aromatic carbocycles. The van der Waals surface area contributed by atoms with Crippen LogP contribution in [0.4, 0.5) is 0 Å². The summed E-state index contributed by atoms with van der Waals surface area (Å²) in [5, 5.41) is 0. The van der Waals surface area contributed by atoms with Crippen molar-refractivity contribution in [2.75, 3.05) is 0 Å². The maximum atomic E-state index is 2.67. The normalized spacial score (nSPS) is 25.3. The lowest BCUT2D eigenvalue weighted by molar-refractivity contribution is 0.394. The minimum Gasteiger partial charge on any atom is -0.0775 e. The number of hydrogen-bond donors (Lipinski definition) is 0. The molecule has 0 heteroatoms. The van der Waals surface area contributed by atoms with Crippen molar-refractivity contribution in [3.63, 3.8) is 0 Å². The summed E-state index contributed by atoms with van der Waals surface area (Å²) in [7, 11) is 0. The minimum atomic E-state index is 0.796. The van der Waals surface area contributed by atoms with Crippen LogP contribution < -0.4 is 0 Å². The fourth-order valence-electron chi connectivity index (χ4n) is 4.13. The molecule has 20 heavy (non-hydrogen) atoms. The number of fused-ring (bicyclic) bond motifs is 1. The summed E-state index contributed by atoms with van der Waals surface area (Å²) in [6.07, 6.45) is 16.3. The molecule has 2 unspecified atom stereocenters. The molecule has 0 heterocycles. The molecule has 0 N–H and O–H groups in total. The van der Waals surface area contributed by atoms with Gasteiger partial charge in [-0.2, -0.15) is 0 Å². The second-order valence-corrected chi connectivity index (χ2v) is 7.05. The summed E-state index contributed by atoms with van der Waals surface area (Å²) in [5.41, 5.74) is 3.56. The van der Waals surface area contributed by atoms with Gasteiger partial charge in [-0.1, -0.05) is 76.7 Å². The zero-order valence-corrected chi connectivity index (χ0v) is 14.1. The Balaban J connectivity index is 2.00. The maximum Gasteiger partial charge on any atom is -0.00197 e. The van der Waals surface area contributed by atoms with Gasteiger partial charge in [0.1, 0.15) is 0 Å². The smallest absolute Gasteiger partial charge is 0.00197 e. The fourth-order valence-corrected chi connectivity index (χ4v) is 4.13. The van der Waals surface area contributed by atoms with Gasteiger partial charge < -0.3 is 0 Å². The van der Waals surface area contributed by atoms with E-state index in [1.165, 1.54) is 51.4 Å². The number of hydrogen-bond acceptors (Lipinski definition) is 0. The third kappa shape index (κ3) is 3.57. The van der Waals surface area contributed by atoms with E-state index in [2.05, 4.69) is 39.8 Å². The molecule has 2 bridgehead atoms. The molecule has 0 spiro atoms. The lowest BCUT2D eigenvalue weighted by Crippen LogP contribution is -2.23. The summed E-state index contributed by atoms with van der Waals surface area (Å²) < 4.78 is 0. The molecule has 3 rings (SSSR count). The van der Waals surface area contributed by atoms with Gasteiger partial charge in [0.2, 0.25) is 0 Å². The van der Waals surface area contributed by atoms with Crippen molar-refractivity contribution in [1.29, 1.82) is 0 Å². The van der Waals surface area contributed by atoms with Gasteiger partial charge in [0.25, 0.3) is 0 Å². The molecule has 2 atom stereocenters. The van der Waals surface area contributed by atoms with Crippen LogP contribution in [0.5, 0.6) is 0 Å². The Labute approximate surface area is 126 Å². The van der Waals surface area contributed by atoms with Crippen molar-refractivity contribution in [2.24, 2.45) is 23.7 Å². The molecule has 114 valence electrons. The van der Waals surface area contributed by atoms with Crippen molar-refractivity contribution in [2.45, 2.75) is 79.1 Å². The largest absolute Gasteiger partial charge is 0.0775 e. The monoisotopic (exact) mass is 274 g/mol. The molecule has 3 aliphatic rings. The third-order valence-corrected chi connectivity index (χ3v) is 5.93. The second kappa shape index (κ2) is 7.48. The van der Waals surface area contributed by atoms with Crippen molar-refractivity contribution < 1.29 is 0 Å².